The second-order valence-corrected chi connectivity index (χ2v) is 7.48. The lowest BCUT2D eigenvalue weighted by atomic mass is 9.95. The molecule has 0 radical (unpaired) electrons. The number of benzene rings is 1. The Morgan fingerprint density at radius 3 is 2.56 bits per heavy atom. The molecule has 0 atom stereocenters. The molecule has 0 aliphatic heterocycles. The summed E-state index contributed by atoms with van der Waals surface area (Å²) in [6.07, 6.45) is 4.77. The predicted molar refractivity (Wildman–Crippen MR) is 135 cm³/mol. The Bertz CT molecular complexity index is 1080. The minimum atomic E-state index is 0.736. The zero-order valence-electron chi connectivity index (χ0n) is 19.9. The summed E-state index contributed by atoms with van der Waals surface area (Å²) in [6.45, 7) is 14.1. The van der Waals surface area contributed by atoms with Crippen molar-refractivity contribution in [3.05, 3.63) is 77.4 Å². The maximum atomic E-state index is 11.7. The molecule has 3 rings (SSSR count). The average molecular weight is 434 g/mol. The standard InChI is InChI=1S/C24H27N3O.C3H8O/c1-5-12-25-14-20(17(4)23-9-7-8-16(3)26-23)18-10-11-24-19(13-18)21(15-28)22(6-2)27-24;1-3-4-2/h7-11,13-15,25,27H,4-6,12H2,1-3H3;3H2,1-2H3/b20-14+;. The van der Waals surface area contributed by atoms with Gasteiger partial charge in [0, 0.05) is 65.5 Å². The molecule has 1 aromatic carbocycles. The Labute approximate surface area is 191 Å². The minimum absolute atomic E-state index is 0.736. The van der Waals surface area contributed by atoms with Crippen molar-refractivity contribution in [1.82, 2.24) is 15.3 Å². The van der Waals surface area contributed by atoms with Gasteiger partial charge in [0.05, 0.1) is 5.69 Å². The SMILES string of the molecule is C=C(/C(=C\NCCC)c1ccc2[nH]c(CC)c(C=O)c2c1)c1cccc(C)n1.CCOC. The van der Waals surface area contributed by atoms with Crippen LogP contribution in [-0.2, 0) is 11.2 Å². The molecule has 0 spiro atoms. The van der Waals surface area contributed by atoms with Gasteiger partial charge in [-0.15, -0.1) is 0 Å². The maximum Gasteiger partial charge on any atom is 0.152 e. The van der Waals surface area contributed by atoms with E-state index in [9.17, 15) is 4.79 Å². The Balaban J connectivity index is 0.000000837. The molecule has 2 heterocycles. The van der Waals surface area contributed by atoms with E-state index in [1.54, 1.807) is 7.11 Å². The van der Waals surface area contributed by atoms with E-state index in [1.807, 2.05) is 51.2 Å². The van der Waals surface area contributed by atoms with E-state index in [-0.39, 0.29) is 0 Å². The maximum absolute atomic E-state index is 11.7. The number of carbonyl (C=O) groups is 1. The lowest BCUT2D eigenvalue weighted by Crippen LogP contribution is -2.07. The van der Waals surface area contributed by atoms with Crippen LogP contribution < -0.4 is 5.32 Å². The van der Waals surface area contributed by atoms with Crippen LogP contribution in [0.4, 0.5) is 0 Å². The van der Waals surface area contributed by atoms with Gasteiger partial charge in [-0.05, 0) is 56.5 Å². The molecule has 170 valence electrons. The molecular formula is C27H35N3O2. The van der Waals surface area contributed by atoms with Crippen molar-refractivity contribution >= 4 is 28.3 Å². The van der Waals surface area contributed by atoms with Crippen molar-refractivity contribution in [2.24, 2.45) is 0 Å². The van der Waals surface area contributed by atoms with Crippen LogP contribution in [0.25, 0.3) is 22.0 Å². The van der Waals surface area contributed by atoms with Crippen molar-refractivity contribution in [2.45, 2.75) is 40.5 Å². The summed E-state index contributed by atoms with van der Waals surface area (Å²) in [5, 5.41) is 4.30. The molecule has 0 bridgehead atoms. The third kappa shape index (κ3) is 6.17. The number of pyridine rings is 1. The monoisotopic (exact) mass is 433 g/mol. The lowest BCUT2D eigenvalue weighted by molar-refractivity contribution is 0.112. The molecule has 2 N–H and O–H groups in total. The number of aromatic nitrogens is 2. The Hall–Kier alpha value is -3.18. The van der Waals surface area contributed by atoms with Gasteiger partial charge in [-0.1, -0.05) is 32.6 Å². The summed E-state index contributed by atoms with van der Waals surface area (Å²) in [5.41, 5.74) is 7.32. The molecule has 3 aromatic rings. The number of allylic oxidation sites excluding steroid dienone is 2. The molecule has 0 saturated carbocycles. The first-order chi connectivity index (χ1) is 15.5. The predicted octanol–water partition coefficient (Wildman–Crippen LogP) is 5.95. The van der Waals surface area contributed by atoms with Gasteiger partial charge in [-0.2, -0.15) is 0 Å². The number of ether oxygens (including phenoxy) is 1. The molecular weight excluding hydrogens is 398 g/mol. The third-order valence-electron chi connectivity index (χ3n) is 5.15. The van der Waals surface area contributed by atoms with Gasteiger partial charge in [0.25, 0.3) is 0 Å². The van der Waals surface area contributed by atoms with E-state index in [0.29, 0.717) is 0 Å². The van der Waals surface area contributed by atoms with E-state index < -0.39 is 0 Å². The van der Waals surface area contributed by atoms with Crippen molar-refractivity contribution in [3.8, 4) is 0 Å². The van der Waals surface area contributed by atoms with Crippen LogP contribution in [0.2, 0.25) is 0 Å². The zero-order valence-corrected chi connectivity index (χ0v) is 19.9. The fraction of sp³-hybridized carbons (Fsp3) is 0.333. The molecule has 0 amide bonds. The number of hydrogen-bond acceptors (Lipinski definition) is 4. The largest absolute Gasteiger partial charge is 0.390 e. The van der Waals surface area contributed by atoms with Crippen LogP contribution in [-0.4, -0.2) is 36.5 Å². The van der Waals surface area contributed by atoms with E-state index in [4.69, 9.17) is 0 Å². The van der Waals surface area contributed by atoms with E-state index in [0.717, 1.165) is 82.5 Å². The number of aromatic amines is 1. The van der Waals surface area contributed by atoms with Crippen LogP contribution in [0.3, 0.4) is 0 Å². The van der Waals surface area contributed by atoms with E-state index in [1.165, 1.54) is 0 Å². The number of nitrogens with one attached hydrogen (secondary N) is 2. The highest BCUT2D eigenvalue weighted by molar-refractivity contribution is 6.06. The molecule has 0 aliphatic rings. The highest BCUT2D eigenvalue weighted by Crippen LogP contribution is 2.32. The molecule has 32 heavy (non-hydrogen) atoms. The van der Waals surface area contributed by atoms with E-state index in [2.05, 4.69) is 45.7 Å². The number of nitrogens with zero attached hydrogens (tertiary/aromatic N) is 1. The molecule has 0 fully saturated rings. The third-order valence-corrected chi connectivity index (χ3v) is 5.15. The summed E-state index contributed by atoms with van der Waals surface area (Å²) >= 11 is 0. The minimum Gasteiger partial charge on any atom is -0.390 e. The summed E-state index contributed by atoms with van der Waals surface area (Å²) in [4.78, 5) is 19.7. The van der Waals surface area contributed by atoms with Gasteiger partial charge in [0.1, 0.15) is 0 Å². The first-order valence-corrected chi connectivity index (χ1v) is 11.2. The van der Waals surface area contributed by atoms with Crippen molar-refractivity contribution < 1.29 is 9.53 Å². The number of aldehydes is 1. The number of H-pyrrole nitrogens is 1. The summed E-state index contributed by atoms with van der Waals surface area (Å²) in [6, 6.07) is 12.1. The van der Waals surface area contributed by atoms with Crippen LogP contribution in [0.15, 0.2) is 49.2 Å². The van der Waals surface area contributed by atoms with Crippen LogP contribution in [0, 0.1) is 6.92 Å². The topological polar surface area (TPSA) is 67.0 Å². The summed E-state index contributed by atoms with van der Waals surface area (Å²) in [7, 11) is 1.68. The first kappa shape index (κ1) is 25.1. The number of methoxy groups -OCH3 is 1. The molecule has 0 unspecified atom stereocenters. The van der Waals surface area contributed by atoms with Gasteiger partial charge in [0.15, 0.2) is 6.29 Å². The quantitative estimate of drug-likeness (QED) is 0.248. The number of hydrogen-bond donors (Lipinski definition) is 2. The van der Waals surface area contributed by atoms with E-state index >= 15 is 0 Å². The molecule has 5 nitrogen and oxygen atoms in total. The van der Waals surface area contributed by atoms with Crippen LogP contribution in [0.1, 0.15) is 60.2 Å². The number of fused-ring (bicyclic) bond motifs is 1. The molecule has 5 heteroatoms. The van der Waals surface area contributed by atoms with Gasteiger partial charge in [-0.25, -0.2) is 0 Å². The Morgan fingerprint density at radius 1 is 1.22 bits per heavy atom. The first-order valence-electron chi connectivity index (χ1n) is 11.2. The van der Waals surface area contributed by atoms with Gasteiger partial charge in [0.2, 0.25) is 0 Å². The molecule has 2 aromatic heterocycles. The smallest absolute Gasteiger partial charge is 0.152 e. The highest BCUT2D eigenvalue weighted by atomic mass is 16.5. The fourth-order valence-corrected chi connectivity index (χ4v) is 3.36. The lowest BCUT2D eigenvalue weighted by Gasteiger charge is -2.13. The zero-order chi connectivity index (χ0) is 23.5. The number of carbonyl (C=O) groups excluding carboxylic acids is 1. The fourth-order valence-electron chi connectivity index (χ4n) is 3.36. The molecule has 0 saturated heterocycles. The Morgan fingerprint density at radius 2 is 1.97 bits per heavy atom. The van der Waals surface area contributed by atoms with Crippen LogP contribution in [0.5, 0.6) is 0 Å². The second-order valence-electron chi connectivity index (χ2n) is 7.48. The second kappa shape index (κ2) is 12.6. The summed E-state index contributed by atoms with van der Waals surface area (Å²) < 4.78 is 4.54. The van der Waals surface area contributed by atoms with Gasteiger partial charge < -0.3 is 15.0 Å². The van der Waals surface area contributed by atoms with Crippen molar-refractivity contribution in [1.29, 1.82) is 0 Å². The molecule has 0 aliphatic carbocycles. The summed E-state index contributed by atoms with van der Waals surface area (Å²) in [5.74, 6) is 0. The highest BCUT2D eigenvalue weighted by Gasteiger charge is 2.14. The number of rotatable bonds is 9. The van der Waals surface area contributed by atoms with Crippen molar-refractivity contribution in [2.75, 3.05) is 20.3 Å². The average Bonchev–Trinajstić information content (AvgIpc) is 3.18. The van der Waals surface area contributed by atoms with Crippen molar-refractivity contribution in [3.63, 3.8) is 0 Å². The number of aryl methyl sites for hydroxylation is 2. The van der Waals surface area contributed by atoms with Gasteiger partial charge >= 0.3 is 0 Å². The van der Waals surface area contributed by atoms with Gasteiger partial charge in [-0.3, -0.25) is 9.78 Å². The Kier molecular flexibility index (Phi) is 9.89. The van der Waals surface area contributed by atoms with Crippen LogP contribution >= 0.6 is 0 Å². The normalized spacial score (nSPS) is 11.1.